The van der Waals surface area contributed by atoms with E-state index in [1.54, 1.807) is 0 Å². The van der Waals surface area contributed by atoms with Gasteiger partial charge < -0.3 is 10.5 Å². The van der Waals surface area contributed by atoms with Gasteiger partial charge in [-0.15, -0.1) is 0 Å². The van der Waals surface area contributed by atoms with Gasteiger partial charge in [-0.1, -0.05) is 29.8 Å². The Bertz CT molecular complexity index is 356. The molecule has 1 aliphatic rings. The fourth-order valence-electron chi connectivity index (χ4n) is 1.63. The van der Waals surface area contributed by atoms with E-state index in [-0.39, 0.29) is 12.1 Å². The lowest BCUT2D eigenvalue weighted by Gasteiger charge is -2.14. The highest BCUT2D eigenvalue weighted by molar-refractivity contribution is 5.73. The first-order valence-electron chi connectivity index (χ1n) is 4.73. The predicted octanol–water partition coefficient (Wildman–Crippen LogP) is 1.77. The van der Waals surface area contributed by atoms with Crippen LogP contribution >= 0.6 is 0 Å². The van der Waals surface area contributed by atoms with Crippen molar-refractivity contribution in [2.45, 2.75) is 26.0 Å². The van der Waals surface area contributed by atoms with Crippen LogP contribution in [0.2, 0.25) is 0 Å². The summed E-state index contributed by atoms with van der Waals surface area (Å²) in [5, 5.41) is 0. The molecule has 0 unspecified atom stereocenters. The molecule has 14 heavy (non-hydrogen) atoms. The van der Waals surface area contributed by atoms with Crippen LogP contribution < -0.4 is 5.73 Å². The molecule has 0 bridgehead atoms. The number of ether oxygens (including phenoxy) is 1. The molecule has 2 atom stereocenters. The molecule has 0 fully saturated rings. The van der Waals surface area contributed by atoms with Crippen LogP contribution in [0.15, 0.2) is 29.3 Å². The molecule has 0 aliphatic carbocycles. The quantitative estimate of drug-likeness (QED) is 0.733. The van der Waals surface area contributed by atoms with Gasteiger partial charge in [0.25, 0.3) is 6.02 Å². The van der Waals surface area contributed by atoms with Gasteiger partial charge in [-0.2, -0.15) is 0 Å². The monoisotopic (exact) mass is 190 g/mol. The largest absolute Gasteiger partial charge is 0.455 e. The zero-order chi connectivity index (χ0) is 10.1. The zero-order valence-electron chi connectivity index (χ0n) is 8.40. The molecule has 0 saturated heterocycles. The molecular formula is C11H14N2O. The van der Waals surface area contributed by atoms with Gasteiger partial charge >= 0.3 is 0 Å². The Morgan fingerprint density at radius 1 is 1.29 bits per heavy atom. The Labute approximate surface area is 83.6 Å². The van der Waals surface area contributed by atoms with Crippen molar-refractivity contribution < 1.29 is 4.74 Å². The smallest absolute Gasteiger partial charge is 0.283 e. The van der Waals surface area contributed by atoms with Crippen molar-refractivity contribution in [3.8, 4) is 0 Å². The third-order valence-electron chi connectivity index (χ3n) is 2.42. The summed E-state index contributed by atoms with van der Waals surface area (Å²) in [7, 11) is 0. The van der Waals surface area contributed by atoms with Crippen molar-refractivity contribution in [3.05, 3.63) is 35.4 Å². The van der Waals surface area contributed by atoms with Gasteiger partial charge in [0, 0.05) is 0 Å². The van der Waals surface area contributed by atoms with Crippen molar-refractivity contribution in [1.82, 2.24) is 0 Å². The van der Waals surface area contributed by atoms with E-state index in [4.69, 9.17) is 10.5 Å². The molecule has 0 spiro atoms. The second-order valence-corrected chi connectivity index (χ2v) is 3.66. The highest BCUT2D eigenvalue weighted by Crippen LogP contribution is 2.27. The summed E-state index contributed by atoms with van der Waals surface area (Å²) in [5.74, 6) is 0. The molecule has 0 aromatic heterocycles. The topological polar surface area (TPSA) is 47.6 Å². The Hall–Kier alpha value is -1.51. The van der Waals surface area contributed by atoms with Gasteiger partial charge in [-0.3, -0.25) is 0 Å². The van der Waals surface area contributed by atoms with Gasteiger partial charge in [-0.05, 0) is 19.4 Å². The first kappa shape index (κ1) is 9.06. The van der Waals surface area contributed by atoms with E-state index in [9.17, 15) is 0 Å². The molecule has 0 saturated carbocycles. The van der Waals surface area contributed by atoms with Crippen LogP contribution in [-0.2, 0) is 4.74 Å². The number of aryl methyl sites for hydroxylation is 1. The average Bonchev–Trinajstić information content (AvgIpc) is 2.47. The molecule has 3 nitrogen and oxygen atoms in total. The van der Waals surface area contributed by atoms with Crippen LogP contribution in [0.5, 0.6) is 0 Å². The minimum atomic E-state index is -0.0180. The first-order chi connectivity index (χ1) is 6.66. The molecule has 1 aromatic rings. The van der Waals surface area contributed by atoms with E-state index in [0.29, 0.717) is 6.02 Å². The summed E-state index contributed by atoms with van der Waals surface area (Å²) in [6.07, 6.45) is -0.0180. The Morgan fingerprint density at radius 2 is 1.93 bits per heavy atom. The van der Waals surface area contributed by atoms with Crippen molar-refractivity contribution in [1.29, 1.82) is 0 Å². The number of aliphatic imine (C=N–C) groups is 1. The number of rotatable bonds is 1. The number of nitrogens with two attached hydrogens (primary N) is 1. The lowest BCUT2D eigenvalue weighted by molar-refractivity contribution is 0.199. The highest BCUT2D eigenvalue weighted by Gasteiger charge is 2.27. The van der Waals surface area contributed by atoms with E-state index in [2.05, 4.69) is 36.2 Å². The Morgan fingerprint density at radius 3 is 2.43 bits per heavy atom. The Balaban J connectivity index is 2.21. The minimum absolute atomic E-state index is 0.0180. The highest BCUT2D eigenvalue weighted by atomic mass is 16.5. The molecule has 0 amide bonds. The van der Waals surface area contributed by atoms with E-state index in [1.807, 2.05) is 6.92 Å². The van der Waals surface area contributed by atoms with E-state index < -0.39 is 0 Å². The van der Waals surface area contributed by atoms with Crippen LogP contribution in [0.4, 0.5) is 0 Å². The maximum absolute atomic E-state index is 5.51. The van der Waals surface area contributed by atoms with E-state index in [0.717, 1.165) is 5.56 Å². The molecule has 2 rings (SSSR count). The van der Waals surface area contributed by atoms with Crippen molar-refractivity contribution in [3.63, 3.8) is 0 Å². The van der Waals surface area contributed by atoms with Gasteiger partial charge in [0.15, 0.2) is 0 Å². The van der Waals surface area contributed by atoms with Crippen molar-refractivity contribution in [2.24, 2.45) is 10.7 Å². The Kier molecular flexibility index (Phi) is 2.15. The third kappa shape index (κ3) is 1.58. The number of hydrogen-bond acceptors (Lipinski definition) is 3. The number of amidine groups is 1. The van der Waals surface area contributed by atoms with Gasteiger partial charge in [0.1, 0.15) is 6.10 Å². The average molecular weight is 190 g/mol. The number of hydrogen-bond donors (Lipinski definition) is 1. The molecule has 1 aliphatic heterocycles. The zero-order valence-corrected chi connectivity index (χ0v) is 8.40. The number of benzene rings is 1. The predicted molar refractivity (Wildman–Crippen MR) is 56.1 cm³/mol. The maximum atomic E-state index is 5.51. The normalized spacial score (nSPS) is 25.7. The lowest BCUT2D eigenvalue weighted by Crippen LogP contribution is -2.14. The summed E-state index contributed by atoms with van der Waals surface area (Å²) in [6.45, 7) is 4.07. The number of nitrogens with zero attached hydrogens (tertiary/aromatic N) is 1. The summed E-state index contributed by atoms with van der Waals surface area (Å²) in [5.41, 5.74) is 7.89. The van der Waals surface area contributed by atoms with Crippen LogP contribution in [0.1, 0.15) is 24.2 Å². The first-order valence-corrected chi connectivity index (χ1v) is 4.73. The molecule has 2 N–H and O–H groups in total. The summed E-state index contributed by atoms with van der Waals surface area (Å²) >= 11 is 0. The molecule has 74 valence electrons. The summed E-state index contributed by atoms with van der Waals surface area (Å²) in [6, 6.07) is 8.66. The molecule has 0 radical (unpaired) electrons. The van der Waals surface area contributed by atoms with E-state index in [1.165, 1.54) is 5.56 Å². The lowest BCUT2D eigenvalue weighted by atomic mass is 10.0. The van der Waals surface area contributed by atoms with Gasteiger partial charge in [0.05, 0.1) is 6.04 Å². The summed E-state index contributed by atoms with van der Waals surface area (Å²) < 4.78 is 5.43. The molecule has 1 aromatic carbocycles. The SMILES string of the molecule is Cc1ccc([C@@H]2OC(N)=N[C@@H]2C)cc1. The molecular weight excluding hydrogens is 176 g/mol. The minimum Gasteiger partial charge on any atom is -0.455 e. The van der Waals surface area contributed by atoms with Crippen LogP contribution in [0.25, 0.3) is 0 Å². The van der Waals surface area contributed by atoms with E-state index >= 15 is 0 Å². The fourth-order valence-corrected chi connectivity index (χ4v) is 1.63. The standard InChI is InChI=1S/C11H14N2O/c1-7-3-5-9(6-4-7)10-8(2)13-11(12)14-10/h3-6,8,10H,1-2H3,(H2,12,13)/t8-,10-/m1/s1. The second-order valence-electron chi connectivity index (χ2n) is 3.66. The van der Waals surface area contributed by atoms with Gasteiger partial charge in [-0.25, -0.2) is 4.99 Å². The van der Waals surface area contributed by atoms with Crippen molar-refractivity contribution >= 4 is 6.02 Å². The fraction of sp³-hybridized carbons (Fsp3) is 0.364. The maximum Gasteiger partial charge on any atom is 0.283 e. The molecule has 1 heterocycles. The summed E-state index contributed by atoms with van der Waals surface area (Å²) in [4.78, 5) is 4.14. The third-order valence-corrected chi connectivity index (χ3v) is 2.42. The van der Waals surface area contributed by atoms with Gasteiger partial charge in [0.2, 0.25) is 0 Å². The van der Waals surface area contributed by atoms with Crippen LogP contribution in [0, 0.1) is 6.92 Å². The second kappa shape index (κ2) is 3.33. The molecule has 3 heteroatoms. The van der Waals surface area contributed by atoms with Crippen LogP contribution in [-0.4, -0.2) is 12.1 Å². The van der Waals surface area contributed by atoms with Crippen LogP contribution in [0.3, 0.4) is 0 Å². The van der Waals surface area contributed by atoms with Crippen molar-refractivity contribution in [2.75, 3.05) is 0 Å².